The summed E-state index contributed by atoms with van der Waals surface area (Å²) in [6.07, 6.45) is 3.48. The zero-order chi connectivity index (χ0) is 12.5. The summed E-state index contributed by atoms with van der Waals surface area (Å²) in [5.41, 5.74) is 0. The van der Waals surface area contributed by atoms with Crippen LogP contribution in [0.1, 0.15) is 31.0 Å². The summed E-state index contributed by atoms with van der Waals surface area (Å²) < 4.78 is 0. The van der Waals surface area contributed by atoms with E-state index in [9.17, 15) is 5.11 Å². The molecule has 98 valence electrons. The highest BCUT2D eigenvalue weighted by Crippen LogP contribution is 2.39. The van der Waals surface area contributed by atoms with Gasteiger partial charge in [-0.1, -0.05) is 0 Å². The first-order valence-corrected chi connectivity index (χ1v) is 6.72. The first kappa shape index (κ1) is 11.7. The molecule has 0 aromatic carbocycles. The molecule has 2 N–H and O–H groups in total. The SMILES string of the molecule is CNc1cc(N2CCC(CO)C2)nc(C2CC2)n1. The van der Waals surface area contributed by atoms with Crippen LogP contribution in [0.2, 0.25) is 0 Å². The molecule has 1 atom stereocenters. The molecule has 1 aromatic heterocycles. The topological polar surface area (TPSA) is 61.3 Å². The molecule has 18 heavy (non-hydrogen) atoms. The van der Waals surface area contributed by atoms with Crippen molar-refractivity contribution in [2.24, 2.45) is 5.92 Å². The highest BCUT2D eigenvalue weighted by molar-refractivity contribution is 5.50. The normalized spacial score (nSPS) is 23.4. The van der Waals surface area contributed by atoms with E-state index < -0.39 is 0 Å². The van der Waals surface area contributed by atoms with Gasteiger partial charge in [-0.2, -0.15) is 0 Å². The Morgan fingerprint density at radius 2 is 2.22 bits per heavy atom. The van der Waals surface area contributed by atoms with E-state index in [0.717, 1.165) is 37.0 Å². The molecule has 2 heterocycles. The number of hydrogen-bond acceptors (Lipinski definition) is 5. The van der Waals surface area contributed by atoms with E-state index in [4.69, 9.17) is 0 Å². The van der Waals surface area contributed by atoms with Crippen molar-refractivity contribution in [3.05, 3.63) is 11.9 Å². The molecule has 1 saturated carbocycles. The molecule has 1 aliphatic carbocycles. The second-order valence-electron chi connectivity index (χ2n) is 5.28. The first-order valence-electron chi connectivity index (χ1n) is 6.72. The number of aliphatic hydroxyl groups excluding tert-OH is 1. The fraction of sp³-hybridized carbons (Fsp3) is 0.692. The Labute approximate surface area is 107 Å². The van der Waals surface area contributed by atoms with Crippen molar-refractivity contribution >= 4 is 11.6 Å². The summed E-state index contributed by atoms with van der Waals surface area (Å²) in [6, 6.07) is 2.01. The van der Waals surface area contributed by atoms with Crippen LogP contribution in [0.5, 0.6) is 0 Å². The minimum Gasteiger partial charge on any atom is -0.396 e. The Hall–Kier alpha value is -1.36. The van der Waals surface area contributed by atoms with Crippen LogP contribution >= 0.6 is 0 Å². The van der Waals surface area contributed by atoms with Crippen molar-refractivity contribution in [3.63, 3.8) is 0 Å². The van der Waals surface area contributed by atoms with Crippen LogP contribution in [-0.2, 0) is 0 Å². The van der Waals surface area contributed by atoms with Gasteiger partial charge in [-0.3, -0.25) is 0 Å². The predicted octanol–water partition coefficient (Wildman–Crippen LogP) is 1.21. The predicted molar refractivity (Wildman–Crippen MR) is 71.0 cm³/mol. The molecular weight excluding hydrogens is 228 g/mol. The summed E-state index contributed by atoms with van der Waals surface area (Å²) in [7, 11) is 1.89. The molecule has 5 nitrogen and oxygen atoms in total. The minimum absolute atomic E-state index is 0.274. The average molecular weight is 248 g/mol. The van der Waals surface area contributed by atoms with Gasteiger partial charge in [-0.25, -0.2) is 9.97 Å². The number of nitrogens with zero attached hydrogens (tertiary/aromatic N) is 3. The van der Waals surface area contributed by atoms with Crippen molar-refractivity contribution < 1.29 is 5.11 Å². The quantitative estimate of drug-likeness (QED) is 0.839. The summed E-state index contributed by atoms with van der Waals surface area (Å²) in [6.45, 7) is 2.16. The number of anilines is 2. The van der Waals surface area contributed by atoms with E-state index in [1.807, 2.05) is 13.1 Å². The van der Waals surface area contributed by atoms with Gasteiger partial charge in [-0.05, 0) is 19.3 Å². The molecule has 0 spiro atoms. The van der Waals surface area contributed by atoms with Crippen LogP contribution in [-0.4, -0.2) is 41.8 Å². The molecule has 5 heteroatoms. The molecule has 0 bridgehead atoms. The largest absolute Gasteiger partial charge is 0.396 e. The molecule has 1 aromatic rings. The maximum Gasteiger partial charge on any atom is 0.136 e. The third kappa shape index (κ3) is 2.27. The number of aromatic nitrogens is 2. The fourth-order valence-electron chi connectivity index (χ4n) is 2.46. The Morgan fingerprint density at radius 3 is 2.83 bits per heavy atom. The summed E-state index contributed by atoms with van der Waals surface area (Å²) in [5, 5.41) is 12.3. The van der Waals surface area contributed by atoms with Crippen LogP contribution < -0.4 is 10.2 Å². The van der Waals surface area contributed by atoms with Gasteiger partial charge in [0.25, 0.3) is 0 Å². The smallest absolute Gasteiger partial charge is 0.136 e. The van der Waals surface area contributed by atoms with Crippen molar-refractivity contribution in [2.75, 3.05) is 37.0 Å². The molecule has 0 radical (unpaired) electrons. The lowest BCUT2D eigenvalue weighted by Crippen LogP contribution is -2.22. The van der Waals surface area contributed by atoms with Gasteiger partial charge in [0.1, 0.15) is 17.5 Å². The highest BCUT2D eigenvalue weighted by Gasteiger charge is 2.29. The Kier molecular flexibility index (Phi) is 3.07. The van der Waals surface area contributed by atoms with Crippen LogP contribution in [0.4, 0.5) is 11.6 Å². The molecule has 1 unspecified atom stereocenters. The van der Waals surface area contributed by atoms with Crippen molar-refractivity contribution in [1.82, 2.24) is 9.97 Å². The lowest BCUT2D eigenvalue weighted by Gasteiger charge is -2.18. The summed E-state index contributed by atoms with van der Waals surface area (Å²) >= 11 is 0. The standard InChI is InChI=1S/C13H20N4O/c1-14-11-6-12(16-13(15-11)10-2-3-10)17-5-4-9(7-17)8-18/h6,9-10,18H,2-5,7-8H2,1H3,(H,14,15,16). The summed E-state index contributed by atoms with van der Waals surface area (Å²) in [5.74, 6) is 3.83. The molecule has 2 fully saturated rings. The lowest BCUT2D eigenvalue weighted by molar-refractivity contribution is 0.238. The third-order valence-electron chi connectivity index (χ3n) is 3.80. The van der Waals surface area contributed by atoms with E-state index in [1.165, 1.54) is 12.8 Å². The Balaban J connectivity index is 1.84. The zero-order valence-electron chi connectivity index (χ0n) is 10.8. The van der Waals surface area contributed by atoms with E-state index in [0.29, 0.717) is 11.8 Å². The second-order valence-corrected chi connectivity index (χ2v) is 5.28. The van der Waals surface area contributed by atoms with Gasteiger partial charge >= 0.3 is 0 Å². The molecular formula is C13H20N4O. The monoisotopic (exact) mass is 248 g/mol. The van der Waals surface area contributed by atoms with Crippen LogP contribution in [0.3, 0.4) is 0 Å². The van der Waals surface area contributed by atoms with Gasteiger partial charge in [0, 0.05) is 44.6 Å². The average Bonchev–Trinajstić information content (AvgIpc) is 3.16. The lowest BCUT2D eigenvalue weighted by atomic mass is 10.1. The molecule has 1 aliphatic heterocycles. The van der Waals surface area contributed by atoms with Gasteiger partial charge in [0.15, 0.2) is 0 Å². The molecule has 3 rings (SSSR count). The Bertz CT molecular complexity index is 433. The van der Waals surface area contributed by atoms with Crippen molar-refractivity contribution in [1.29, 1.82) is 0 Å². The highest BCUT2D eigenvalue weighted by atomic mass is 16.3. The number of hydrogen-bond donors (Lipinski definition) is 2. The van der Waals surface area contributed by atoms with Crippen LogP contribution in [0, 0.1) is 5.92 Å². The number of aliphatic hydroxyl groups is 1. The fourth-order valence-corrected chi connectivity index (χ4v) is 2.46. The van der Waals surface area contributed by atoms with Gasteiger partial charge in [0.05, 0.1) is 0 Å². The van der Waals surface area contributed by atoms with Crippen molar-refractivity contribution in [3.8, 4) is 0 Å². The molecule has 2 aliphatic rings. The number of rotatable bonds is 4. The van der Waals surface area contributed by atoms with Crippen molar-refractivity contribution in [2.45, 2.75) is 25.2 Å². The zero-order valence-corrected chi connectivity index (χ0v) is 10.8. The maximum atomic E-state index is 9.21. The Morgan fingerprint density at radius 1 is 1.39 bits per heavy atom. The molecule has 0 amide bonds. The van der Waals surface area contributed by atoms with E-state index in [2.05, 4.69) is 20.2 Å². The number of nitrogens with one attached hydrogen (secondary N) is 1. The van der Waals surface area contributed by atoms with Crippen LogP contribution in [0.25, 0.3) is 0 Å². The van der Waals surface area contributed by atoms with Gasteiger partial charge in [-0.15, -0.1) is 0 Å². The molecule has 1 saturated heterocycles. The van der Waals surface area contributed by atoms with Gasteiger partial charge < -0.3 is 15.3 Å². The third-order valence-corrected chi connectivity index (χ3v) is 3.80. The van der Waals surface area contributed by atoms with E-state index in [1.54, 1.807) is 0 Å². The second kappa shape index (κ2) is 4.72. The minimum atomic E-state index is 0.274. The van der Waals surface area contributed by atoms with Gasteiger partial charge in [0.2, 0.25) is 0 Å². The van der Waals surface area contributed by atoms with Crippen LogP contribution in [0.15, 0.2) is 6.07 Å². The maximum absolute atomic E-state index is 9.21. The first-order chi connectivity index (χ1) is 8.80. The van der Waals surface area contributed by atoms with E-state index in [-0.39, 0.29) is 6.61 Å². The summed E-state index contributed by atoms with van der Waals surface area (Å²) in [4.78, 5) is 11.5. The van der Waals surface area contributed by atoms with E-state index >= 15 is 0 Å².